The van der Waals surface area contributed by atoms with E-state index in [1.807, 2.05) is 0 Å². The van der Waals surface area contributed by atoms with Gasteiger partial charge in [-0.15, -0.1) is 0 Å². The van der Waals surface area contributed by atoms with Gasteiger partial charge in [0.2, 0.25) is 12.1 Å². The number of isocyanates is 1. The topological polar surface area (TPSA) is 33.8 Å². The fraction of sp³-hybridized carbons (Fsp3) is 0.800. The molecule has 68 valence electrons. The van der Waals surface area contributed by atoms with Crippen LogP contribution in [0.25, 0.3) is 4.85 Å². The van der Waals surface area contributed by atoms with Crippen LogP contribution in [0.5, 0.6) is 0 Å². The van der Waals surface area contributed by atoms with Crippen LogP contribution in [-0.4, -0.2) is 18.7 Å². The molecule has 3 nitrogen and oxygen atoms in total. The van der Waals surface area contributed by atoms with E-state index in [4.69, 9.17) is 6.57 Å². The Bertz CT molecular complexity index is 301. The third kappa shape index (κ3) is 1.28. The van der Waals surface area contributed by atoms with Gasteiger partial charge in [-0.05, 0) is 24.7 Å². The Morgan fingerprint density at radius 2 is 2.46 bits per heavy atom. The van der Waals surface area contributed by atoms with E-state index in [0.717, 1.165) is 25.7 Å². The summed E-state index contributed by atoms with van der Waals surface area (Å²) in [4.78, 5) is 17.3. The lowest BCUT2D eigenvalue weighted by atomic mass is 9.83. The van der Waals surface area contributed by atoms with Crippen molar-refractivity contribution in [2.75, 3.05) is 6.54 Å². The number of nitrogens with zero attached hydrogens (tertiary/aromatic N) is 2. The van der Waals surface area contributed by atoms with E-state index in [-0.39, 0.29) is 11.5 Å². The Kier molecular flexibility index (Phi) is 1.94. The van der Waals surface area contributed by atoms with Gasteiger partial charge in [-0.3, -0.25) is 0 Å². The summed E-state index contributed by atoms with van der Waals surface area (Å²) in [6, 6.07) is 0.204. The third-order valence-electron chi connectivity index (χ3n) is 3.57. The van der Waals surface area contributed by atoms with Crippen LogP contribution < -0.4 is 0 Å². The molecule has 2 bridgehead atoms. The first-order valence-electron chi connectivity index (χ1n) is 4.70. The Morgan fingerprint density at radius 1 is 1.62 bits per heavy atom. The first-order chi connectivity index (χ1) is 6.29. The van der Waals surface area contributed by atoms with Gasteiger partial charge in [0.15, 0.2) is 0 Å². The molecule has 0 amide bonds. The Morgan fingerprint density at radius 3 is 3.08 bits per heavy atom. The van der Waals surface area contributed by atoms with Crippen molar-refractivity contribution in [1.82, 2.24) is 0 Å². The molecule has 0 aromatic heterocycles. The summed E-state index contributed by atoms with van der Waals surface area (Å²) in [7, 11) is 0. The molecule has 2 fully saturated rings. The van der Waals surface area contributed by atoms with Crippen molar-refractivity contribution in [3.05, 3.63) is 11.4 Å². The number of carbonyl (C=O) groups excluding carboxylic acids is 1. The number of rotatable bonds is 2. The van der Waals surface area contributed by atoms with Gasteiger partial charge in [0.1, 0.15) is 0 Å². The molecule has 3 atom stereocenters. The highest BCUT2D eigenvalue weighted by Crippen LogP contribution is 2.55. The minimum absolute atomic E-state index is 0.192. The highest BCUT2D eigenvalue weighted by atomic mass is 16.1. The van der Waals surface area contributed by atoms with Gasteiger partial charge in [-0.1, -0.05) is 0 Å². The van der Waals surface area contributed by atoms with Crippen LogP contribution in [0.2, 0.25) is 0 Å². The molecular formula is C10H12N2O. The van der Waals surface area contributed by atoms with Gasteiger partial charge >= 0.3 is 0 Å². The maximum absolute atomic E-state index is 10.0. The minimum Gasteiger partial charge on any atom is -0.313 e. The van der Waals surface area contributed by atoms with Gasteiger partial charge in [-0.25, -0.2) is 16.4 Å². The van der Waals surface area contributed by atoms with Crippen LogP contribution in [0.15, 0.2) is 4.99 Å². The minimum atomic E-state index is 0.192. The molecule has 2 rings (SSSR count). The maximum atomic E-state index is 10.0. The van der Waals surface area contributed by atoms with Crippen molar-refractivity contribution in [2.45, 2.75) is 31.7 Å². The first-order valence-corrected chi connectivity index (χ1v) is 4.70. The molecular weight excluding hydrogens is 164 g/mol. The Labute approximate surface area is 77.7 Å². The van der Waals surface area contributed by atoms with Gasteiger partial charge in [0.25, 0.3) is 0 Å². The molecule has 0 aromatic rings. The van der Waals surface area contributed by atoms with E-state index >= 15 is 0 Å². The van der Waals surface area contributed by atoms with E-state index < -0.39 is 0 Å². The predicted octanol–water partition coefficient (Wildman–Crippen LogP) is 1.80. The molecule has 0 aliphatic heterocycles. The van der Waals surface area contributed by atoms with E-state index in [1.54, 1.807) is 6.08 Å². The molecule has 0 spiro atoms. The zero-order valence-electron chi connectivity index (χ0n) is 7.49. The Balaban J connectivity index is 2.10. The Hall–Kier alpha value is -1.13. The van der Waals surface area contributed by atoms with Gasteiger partial charge in [0, 0.05) is 12.3 Å². The SMILES string of the molecule is [C-]#[N+]C1CC2(CN=C=O)CCC1C2. The summed E-state index contributed by atoms with van der Waals surface area (Å²) in [6.45, 7) is 7.63. The largest absolute Gasteiger partial charge is 0.313 e. The summed E-state index contributed by atoms with van der Waals surface area (Å²) in [5.74, 6) is 0.583. The van der Waals surface area contributed by atoms with Crippen molar-refractivity contribution in [2.24, 2.45) is 16.3 Å². The lowest BCUT2D eigenvalue weighted by molar-refractivity contribution is 0.301. The molecule has 0 saturated heterocycles. The molecule has 0 aromatic carbocycles. The van der Waals surface area contributed by atoms with Crippen LogP contribution >= 0.6 is 0 Å². The highest BCUT2D eigenvalue weighted by Gasteiger charge is 2.53. The highest BCUT2D eigenvalue weighted by molar-refractivity contribution is 5.33. The van der Waals surface area contributed by atoms with Crippen molar-refractivity contribution in [3.8, 4) is 0 Å². The van der Waals surface area contributed by atoms with Crippen molar-refractivity contribution in [1.29, 1.82) is 0 Å². The van der Waals surface area contributed by atoms with Crippen LogP contribution in [-0.2, 0) is 4.79 Å². The van der Waals surface area contributed by atoms with E-state index in [9.17, 15) is 4.79 Å². The number of fused-ring (bicyclic) bond motifs is 2. The maximum Gasteiger partial charge on any atom is 0.234 e. The lowest BCUT2D eigenvalue weighted by Gasteiger charge is -2.22. The second-order valence-electron chi connectivity index (χ2n) is 4.31. The quantitative estimate of drug-likeness (QED) is 0.359. The van der Waals surface area contributed by atoms with Crippen LogP contribution in [0.3, 0.4) is 0 Å². The normalized spacial score (nSPS) is 41.2. The molecule has 2 saturated carbocycles. The number of aliphatic imine (C=N–C) groups is 1. The van der Waals surface area contributed by atoms with E-state index in [2.05, 4.69) is 9.84 Å². The first kappa shape index (κ1) is 8.47. The molecule has 0 N–H and O–H groups in total. The summed E-state index contributed by atoms with van der Waals surface area (Å²) < 4.78 is 0. The number of hydrogen-bond acceptors (Lipinski definition) is 2. The second kappa shape index (κ2) is 2.97. The summed E-state index contributed by atoms with van der Waals surface area (Å²) in [6.07, 6.45) is 5.96. The average molecular weight is 176 g/mol. The molecule has 0 radical (unpaired) electrons. The third-order valence-corrected chi connectivity index (χ3v) is 3.57. The lowest BCUT2D eigenvalue weighted by Crippen LogP contribution is -2.22. The predicted molar refractivity (Wildman–Crippen MR) is 47.8 cm³/mol. The van der Waals surface area contributed by atoms with Crippen molar-refractivity contribution < 1.29 is 4.79 Å². The van der Waals surface area contributed by atoms with Crippen LogP contribution in [0, 0.1) is 17.9 Å². The smallest absolute Gasteiger partial charge is 0.234 e. The van der Waals surface area contributed by atoms with Crippen LogP contribution in [0.1, 0.15) is 25.7 Å². The molecule has 2 aliphatic carbocycles. The standard InChI is InChI=1S/C10H12N2O/c1-11-9-5-10(6-12-7-13)3-2-8(9)4-10/h8-9H,2-6H2. The van der Waals surface area contributed by atoms with Gasteiger partial charge < -0.3 is 4.85 Å². The molecule has 13 heavy (non-hydrogen) atoms. The fourth-order valence-electron chi connectivity index (χ4n) is 2.94. The van der Waals surface area contributed by atoms with Gasteiger partial charge in [-0.2, -0.15) is 0 Å². The van der Waals surface area contributed by atoms with Crippen molar-refractivity contribution in [3.63, 3.8) is 0 Å². The summed E-state index contributed by atoms with van der Waals surface area (Å²) >= 11 is 0. The molecule has 0 heterocycles. The van der Waals surface area contributed by atoms with Crippen LogP contribution in [0.4, 0.5) is 0 Å². The zero-order valence-corrected chi connectivity index (χ0v) is 7.49. The molecule has 3 heteroatoms. The summed E-state index contributed by atoms with van der Waals surface area (Å²) in [5.41, 5.74) is 0.192. The van der Waals surface area contributed by atoms with E-state index in [1.165, 1.54) is 0 Å². The average Bonchev–Trinajstić information content (AvgIpc) is 2.72. The molecule has 3 unspecified atom stereocenters. The van der Waals surface area contributed by atoms with Crippen molar-refractivity contribution >= 4 is 6.08 Å². The molecule has 2 aliphatic rings. The van der Waals surface area contributed by atoms with E-state index in [0.29, 0.717) is 12.5 Å². The summed E-state index contributed by atoms with van der Waals surface area (Å²) in [5, 5.41) is 0. The fourth-order valence-corrected chi connectivity index (χ4v) is 2.94. The van der Waals surface area contributed by atoms with Gasteiger partial charge in [0.05, 0.1) is 6.54 Å². The monoisotopic (exact) mass is 176 g/mol. The second-order valence-corrected chi connectivity index (χ2v) is 4.31. The zero-order chi connectivity index (χ0) is 9.31. The number of hydrogen-bond donors (Lipinski definition) is 0.